The van der Waals surface area contributed by atoms with E-state index in [4.69, 9.17) is 5.73 Å². The molecule has 0 saturated heterocycles. The number of nitrogen functional groups attached to an aromatic ring is 1. The second-order valence-electron chi connectivity index (χ2n) is 5.24. The highest BCUT2D eigenvalue weighted by molar-refractivity contribution is 9.10. The maximum absolute atomic E-state index is 10.8. The lowest BCUT2D eigenvalue weighted by Gasteiger charge is -2.10. The normalized spacial score (nSPS) is 10.2. The molecule has 0 fully saturated rings. The van der Waals surface area contributed by atoms with Crippen LogP contribution < -0.4 is 5.73 Å². The van der Waals surface area contributed by atoms with Crippen molar-refractivity contribution in [1.29, 1.82) is 5.26 Å². The first-order valence-electron chi connectivity index (χ1n) is 7.21. The third-order valence-corrected chi connectivity index (χ3v) is 4.22. The van der Waals surface area contributed by atoms with E-state index >= 15 is 0 Å². The maximum Gasteiger partial charge on any atom is 0.269 e. The lowest BCUT2D eigenvalue weighted by atomic mass is 9.98. The van der Waals surface area contributed by atoms with Crippen molar-refractivity contribution in [1.82, 2.24) is 4.98 Å². The van der Waals surface area contributed by atoms with Gasteiger partial charge >= 0.3 is 0 Å². The molecule has 25 heavy (non-hydrogen) atoms. The molecule has 0 saturated carbocycles. The van der Waals surface area contributed by atoms with Crippen molar-refractivity contribution in [2.45, 2.75) is 0 Å². The van der Waals surface area contributed by atoms with Gasteiger partial charge in [-0.3, -0.25) is 10.1 Å². The highest BCUT2D eigenvalue weighted by Gasteiger charge is 2.14. The molecule has 0 spiro atoms. The van der Waals surface area contributed by atoms with Crippen LogP contribution in [-0.2, 0) is 0 Å². The van der Waals surface area contributed by atoms with Gasteiger partial charge in [-0.05, 0) is 35.9 Å². The van der Waals surface area contributed by atoms with E-state index in [1.165, 1.54) is 12.1 Å². The van der Waals surface area contributed by atoms with Crippen molar-refractivity contribution in [3.8, 4) is 28.5 Å². The predicted molar refractivity (Wildman–Crippen MR) is 98.6 cm³/mol. The van der Waals surface area contributed by atoms with Gasteiger partial charge in [0.15, 0.2) is 0 Å². The predicted octanol–water partition coefficient (Wildman–Crippen LogP) is 4.54. The summed E-state index contributed by atoms with van der Waals surface area (Å²) in [4.78, 5) is 14.6. The first kappa shape index (κ1) is 16.6. The van der Waals surface area contributed by atoms with E-state index in [1.807, 2.05) is 24.3 Å². The Morgan fingerprint density at radius 3 is 2.24 bits per heavy atom. The number of hydrogen-bond acceptors (Lipinski definition) is 5. The number of nitriles is 1. The average Bonchev–Trinajstić information content (AvgIpc) is 2.62. The summed E-state index contributed by atoms with van der Waals surface area (Å²) in [5, 5.41) is 20.2. The van der Waals surface area contributed by atoms with Crippen molar-refractivity contribution in [3.05, 3.63) is 74.7 Å². The molecule has 0 atom stereocenters. The summed E-state index contributed by atoms with van der Waals surface area (Å²) in [6, 6.07) is 17.4. The fourth-order valence-corrected chi connectivity index (χ4v) is 2.71. The molecule has 0 aliphatic heterocycles. The van der Waals surface area contributed by atoms with E-state index in [-0.39, 0.29) is 11.5 Å². The van der Waals surface area contributed by atoms with Gasteiger partial charge < -0.3 is 5.73 Å². The molecule has 0 aliphatic carbocycles. The second kappa shape index (κ2) is 6.71. The molecule has 0 aliphatic rings. The van der Waals surface area contributed by atoms with Crippen LogP contribution in [0.5, 0.6) is 0 Å². The highest BCUT2D eigenvalue weighted by Crippen LogP contribution is 2.32. The minimum atomic E-state index is -0.461. The Bertz CT molecular complexity index is 993. The molecule has 0 radical (unpaired) electrons. The van der Waals surface area contributed by atoms with Crippen molar-refractivity contribution in [3.63, 3.8) is 0 Å². The van der Waals surface area contributed by atoms with Crippen molar-refractivity contribution < 1.29 is 4.92 Å². The summed E-state index contributed by atoms with van der Waals surface area (Å²) in [7, 11) is 0. The monoisotopic (exact) mass is 394 g/mol. The number of nitrogens with two attached hydrogens (primary N) is 1. The molecule has 1 heterocycles. The number of aromatic nitrogens is 1. The summed E-state index contributed by atoms with van der Waals surface area (Å²) in [6.45, 7) is 0. The molecular weight excluding hydrogens is 384 g/mol. The first-order valence-corrected chi connectivity index (χ1v) is 8.00. The molecule has 2 aromatic carbocycles. The number of halogens is 1. The third kappa shape index (κ3) is 3.34. The van der Waals surface area contributed by atoms with E-state index < -0.39 is 4.92 Å². The van der Waals surface area contributed by atoms with E-state index in [9.17, 15) is 15.4 Å². The number of nitro benzene ring substituents is 1. The van der Waals surface area contributed by atoms with Crippen LogP contribution in [0.1, 0.15) is 5.56 Å². The number of anilines is 1. The minimum absolute atomic E-state index is 0.00139. The molecule has 7 heteroatoms. The van der Waals surface area contributed by atoms with Gasteiger partial charge in [0, 0.05) is 27.7 Å². The SMILES string of the molecule is N#Cc1c(-c2ccc(Br)cc2)cc(-c2ccc([N+](=O)[O-])cc2)nc1N. The van der Waals surface area contributed by atoms with Crippen LogP contribution in [0, 0.1) is 21.4 Å². The molecule has 3 rings (SSSR count). The minimum Gasteiger partial charge on any atom is -0.383 e. The molecule has 0 amide bonds. The number of nitro groups is 1. The summed E-state index contributed by atoms with van der Waals surface area (Å²) in [5.74, 6) is 0.122. The Labute approximate surface area is 151 Å². The lowest BCUT2D eigenvalue weighted by Crippen LogP contribution is -2.00. The van der Waals surface area contributed by atoms with Crippen LogP contribution in [-0.4, -0.2) is 9.91 Å². The number of hydrogen-bond donors (Lipinski definition) is 1. The zero-order chi connectivity index (χ0) is 18.0. The fraction of sp³-hybridized carbons (Fsp3) is 0. The van der Waals surface area contributed by atoms with Crippen LogP contribution in [0.4, 0.5) is 11.5 Å². The van der Waals surface area contributed by atoms with Crippen LogP contribution in [0.2, 0.25) is 0 Å². The fourth-order valence-electron chi connectivity index (χ4n) is 2.44. The van der Waals surface area contributed by atoms with E-state index in [1.54, 1.807) is 18.2 Å². The third-order valence-electron chi connectivity index (χ3n) is 3.69. The van der Waals surface area contributed by atoms with Crippen molar-refractivity contribution >= 4 is 27.4 Å². The van der Waals surface area contributed by atoms with E-state index in [0.717, 1.165) is 10.0 Å². The van der Waals surface area contributed by atoms with Crippen LogP contribution in [0.3, 0.4) is 0 Å². The topological polar surface area (TPSA) is 106 Å². The molecule has 0 bridgehead atoms. The van der Waals surface area contributed by atoms with Gasteiger partial charge in [0.2, 0.25) is 0 Å². The zero-order valence-electron chi connectivity index (χ0n) is 12.8. The summed E-state index contributed by atoms with van der Waals surface area (Å²) >= 11 is 3.38. The van der Waals surface area contributed by atoms with Crippen molar-refractivity contribution in [2.75, 3.05) is 5.73 Å². The Balaban J connectivity index is 2.15. The molecule has 6 nitrogen and oxygen atoms in total. The molecule has 2 N–H and O–H groups in total. The first-order chi connectivity index (χ1) is 12.0. The largest absolute Gasteiger partial charge is 0.383 e. The van der Waals surface area contributed by atoms with Gasteiger partial charge in [0.1, 0.15) is 17.5 Å². The zero-order valence-corrected chi connectivity index (χ0v) is 14.4. The Morgan fingerprint density at radius 1 is 1.08 bits per heavy atom. The Hall–Kier alpha value is -3.24. The summed E-state index contributed by atoms with van der Waals surface area (Å²) in [5.41, 5.74) is 8.98. The summed E-state index contributed by atoms with van der Waals surface area (Å²) < 4.78 is 0.923. The average molecular weight is 395 g/mol. The van der Waals surface area contributed by atoms with Gasteiger partial charge in [-0.1, -0.05) is 28.1 Å². The van der Waals surface area contributed by atoms with Gasteiger partial charge in [-0.15, -0.1) is 0 Å². The highest BCUT2D eigenvalue weighted by atomic mass is 79.9. The Morgan fingerprint density at radius 2 is 1.68 bits per heavy atom. The van der Waals surface area contributed by atoms with Gasteiger partial charge in [0.25, 0.3) is 5.69 Å². The van der Waals surface area contributed by atoms with Gasteiger partial charge in [-0.2, -0.15) is 5.26 Å². The van der Waals surface area contributed by atoms with E-state index in [0.29, 0.717) is 22.4 Å². The standard InChI is InChI=1S/C18H11BrN4O2/c19-13-5-1-11(2-6-13)15-9-17(22-18(21)16(15)10-20)12-3-7-14(8-4-12)23(24)25/h1-9H,(H2,21,22). The van der Waals surface area contributed by atoms with Crippen LogP contribution in [0.15, 0.2) is 59.1 Å². The second-order valence-corrected chi connectivity index (χ2v) is 6.15. The number of nitrogens with zero attached hydrogens (tertiary/aromatic N) is 3. The number of pyridine rings is 1. The van der Waals surface area contributed by atoms with Crippen LogP contribution >= 0.6 is 15.9 Å². The number of non-ortho nitro benzene ring substituents is 1. The van der Waals surface area contributed by atoms with Crippen LogP contribution in [0.25, 0.3) is 22.4 Å². The molecule has 3 aromatic rings. The smallest absolute Gasteiger partial charge is 0.269 e. The summed E-state index contributed by atoms with van der Waals surface area (Å²) in [6.07, 6.45) is 0. The molecule has 1 aromatic heterocycles. The number of benzene rings is 2. The van der Waals surface area contributed by atoms with Gasteiger partial charge in [0.05, 0.1) is 10.6 Å². The number of rotatable bonds is 3. The molecule has 0 unspecified atom stereocenters. The molecule has 122 valence electrons. The van der Waals surface area contributed by atoms with E-state index in [2.05, 4.69) is 27.0 Å². The van der Waals surface area contributed by atoms with Gasteiger partial charge in [-0.25, -0.2) is 4.98 Å². The molecular formula is C18H11BrN4O2. The Kier molecular flexibility index (Phi) is 4.46. The maximum atomic E-state index is 10.8. The lowest BCUT2D eigenvalue weighted by molar-refractivity contribution is -0.384. The van der Waals surface area contributed by atoms with Crippen molar-refractivity contribution in [2.24, 2.45) is 0 Å². The quantitative estimate of drug-likeness (QED) is 0.518.